The largest absolute Gasteiger partial charge is 0.479 e. The lowest BCUT2D eigenvalue weighted by Crippen LogP contribution is -2.48. The summed E-state index contributed by atoms with van der Waals surface area (Å²) in [6.07, 6.45) is 5.08. The van der Waals surface area contributed by atoms with Crippen LogP contribution in [-0.2, 0) is 7.05 Å². The molecule has 0 spiro atoms. The van der Waals surface area contributed by atoms with Crippen molar-refractivity contribution in [3.63, 3.8) is 0 Å². The van der Waals surface area contributed by atoms with Gasteiger partial charge in [0, 0.05) is 56.7 Å². The molecule has 1 aromatic carbocycles. The van der Waals surface area contributed by atoms with Gasteiger partial charge in [0.25, 0.3) is 5.91 Å². The first kappa shape index (κ1) is 16.3. The summed E-state index contributed by atoms with van der Waals surface area (Å²) in [5.41, 5.74) is 2.56. The first-order chi connectivity index (χ1) is 12.7. The van der Waals surface area contributed by atoms with E-state index in [4.69, 9.17) is 4.74 Å². The van der Waals surface area contributed by atoms with E-state index in [1.807, 2.05) is 17.2 Å². The van der Waals surface area contributed by atoms with Crippen molar-refractivity contribution in [2.24, 2.45) is 7.05 Å². The molecule has 1 amide bonds. The fraction of sp³-hybridized carbons (Fsp3) is 0.333. The number of ether oxygens (including phenoxy) is 1. The van der Waals surface area contributed by atoms with Crippen molar-refractivity contribution in [3.8, 4) is 5.88 Å². The molecule has 0 aliphatic carbocycles. The molecule has 0 saturated carbocycles. The van der Waals surface area contributed by atoms with Crippen molar-refractivity contribution in [2.45, 2.75) is 0 Å². The van der Waals surface area contributed by atoms with Gasteiger partial charge in [0.1, 0.15) is 11.9 Å². The zero-order valence-electron chi connectivity index (χ0n) is 14.8. The third-order valence-corrected chi connectivity index (χ3v) is 4.64. The number of carbonyl (C=O) groups is 1. The molecule has 1 aliphatic heterocycles. The van der Waals surface area contributed by atoms with E-state index in [-0.39, 0.29) is 5.91 Å². The molecule has 8 nitrogen and oxygen atoms in total. The maximum Gasteiger partial charge on any atom is 0.261 e. The topological polar surface area (TPSA) is 76.4 Å². The minimum absolute atomic E-state index is 0.0403. The van der Waals surface area contributed by atoms with E-state index in [9.17, 15) is 4.79 Å². The zero-order chi connectivity index (χ0) is 18.1. The van der Waals surface area contributed by atoms with Crippen LogP contribution in [0.3, 0.4) is 0 Å². The van der Waals surface area contributed by atoms with Crippen molar-refractivity contribution in [2.75, 3.05) is 38.2 Å². The van der Waals surface area contributed by atoms with Gasteiger partial charge in [-0.2, -0.15) is 0 Å². The number of carbonyl (C=O) groups excluding carboxylic acids is 1. The number of anilines is 1. The van der Waals surface area contributed by atoms with Crippen molar-refractivity contribution in [1.29, 1.82) is 0 Å². The maximum absolute atomic E-state index is 12.8. The molecule has 26 heavy (non-hydrogen) atoms. The highest BCUT2D eigenvalue weighted by atomic mass is 16.5. The molecule has 4 rings (SSSR count). The van der Waals surface area contributed by atoms with Crippen molar-refractivity contribution >= 4 is 22.5 Å². The van der Waals surface area contributed by atoms with E-state index in [1.54, 1.807) is 24.3 Å². The molecule has 134 valence electrons. The third kappa shape index (κ3) is 2.94. The molecule has 8 heteroatoms. The number of nitrogens with zero attached hydrogens (tertiary/aromatic N) is 6. The van der Waals surface area contributed by atoms with E-state index in [2.05, 4.69) is 32.1 Å². The Morgan fingerprint density at radius 3 is 2.77 bits per heavy atom. The van der Waals surface area contributed by atoms with Gasteiger partial charge in [-0.15, -0.1) is 5.10 Å². The van der Waals surface area contributed by atoms with Crippen LogP contribution in [0.2, 0.25) is 0 Å². The number of hydrogen-bond donors (Lipinski definition) is 0. The van der Waals surface area contributed by atoms with E-state index in [1.165, 1.54) is 7.11 Å². The Balaban J connectivity index is 1.47. The van der Waals surface area contributed by atoms with E-state index < -0.39 is 0 Å². The Morgan fingerprint density at radius 2 is 2.00 bits per heavy atom. The molecular formula is C18H20N6O2. The fourth-order valence-corrected chi connectivity index (χ4v) is 3.27. The number of hydrogen-bond acceptors (Lipinski definition) is 6. The predicted octanol–water partition coefficient (Wildman–Crippen LogP) is 1.33. The minimum atomic E-state index is -0.0403. The summed E-state index contributed by atoms with van der Waals surface area (Å²) in [4.78, 5) is 25.2. The van der Waals surface area contributed by atoms with Gasteiger partial charge in [-0.3, -0.25) is 9.48 Å². The summed E-state index contributed by atoms with van der Waals surface area (Å²) in [5, 5.41) is 5.18. The second-order valence-corrected chi connectivity index (χ2v) is 6.27. The van der Waals surface area contributed by atoms with Crippen LogP contribution >= 0.6 is 0 Å². The summed E-state index contributed by atoms with van der Waals surface area (Å²) in [6, 6.07) is 6.16. The summed E-state index contributed by atoms with van der Waals surface area (Å²) in [7, 11) is 3.31. The Hall–Kier alpha value is -3.16. The second kappa shape index (κ2) is 6.62. The number of aryl methyl sites for hydroxylation is 1. The lowest BCUT2D eigenvalue weighted by atomic mass is 10.2. The summed E-state index contributed by atoms with van der Waals surface area (Å²) >= 11 is 0. The van der Waals surface area contributed by atoms with Gasteiger partial charge in [0.05, 0.1) is 12.6 Å². The summed E-state index contributed by atoms with van der Waals surface area (Å²) < 4.78 is 6.80. The molecular weight excluding hydrogens is 332 g/mol. The van der Waals surface area contributed by atoms with Crippen molar-refractivity contribution < 1.29 is 9.53 Å². The number of benzene rings is 1. The van der Waals surface area contributed by atoms with Crippen LogP contribution in [0.25, 0.3) is 10.9 Å². The average Bonchev–Trinajstić information content (AvgIpc) is 3.08. The van der Waals surface area contributed by atoms with Gasteiger partial charge >= 0.3 is 0 Å². The number of piperazine rings is 1. The first-order valence-corrected chi connectivity index (χ1v) is 8.47. The Kier molecular flexibility index (Phi) is 4.16. The van der Waals surface area contributed by atoms with Gasteiger partial charge in [0.15, 0.2) is 0 Å². The van der Waals surface area contributed by atoms with Crippen LogP contribution in [0.15, 0.2) is 36.9 Å². The zero-order valence-corrected chi connectivity index (χ0v) is 14.8. The van der Waals surface area contributed by atoms with Crippen LogP contribution < -0.4 is 9.64 Å². The van der Waals surface area contributed by atoms with Crippen LogP contribution in [0.5, 0.6) is 5.88 Å². The fourth-order valence-electron chi connectivity index (χ4n) is 3.27. The number of aromatic nitrogens is 4. The van der Waals surface area contributed by atoms with Crippen LogP contribution in [-0.4, -0.2) is 63.8 Å². The molecule has 0 unspecified atom stereocenters. The van der Waals surface area contributed by atoms with Crippen molar-refractivity contribution in [1.82, 2.24) is 24.6 Å². The quantitative estimate of drug-likeness (QED) is 0.708. The Bertz CT molecular complexity index is 946. The number of fused-ring (bicyclic) bond motifs is 1. The van der Waals surface area contributed by atoms with E-state index >= 15 is 0 Å². The summed E-state index contributed by atoms with van der Waals surface area (Å²) in [6.45, 7) is 2.85. The predicted molar refractivity (Wildman–Crippen MR) is 97.4 cm³/mol. The van der Waals surface area contributed by atoms with Gasteiger partial charge in [-0.25, -0.2) is 9.97 Å². The monoisotopic (exact) mass is 352 g/mol. The highest BCUT2D eigenvalue weighted by molar-refractivity contribution is 5.96. The molecule has 2 aromatic heterocycles. The molecule has 1 fully saturated rings. The molecule has 3 aromatic rings. The van der Waals surface area contributed by atoms with Crippen LogP contribution in [0, 0.1) is 0 Å². The first-order valence-electron chi connectivity index (χ1n) is 8.47. The smallest absolute Gasteiger partial charge is 0.261 e. The second-order valence-electron chi connectivity index (χ2n) is 6.27. The highest BCUT2D eigenvalue weighted by Gasteiger charge is 2.26. The number of rotatable bonds is 3. The standard InChI is InChI=1S/C18H20N6O2/c1-22-11-15(17(21-22)26-2)18(25)24-7-5-23(6-8-24)14-3-4-16-13(9-14)10-19-12-20-16/h3-4,9-12H,5-8H2,1-2H3. The van der Waals surface area contributed by atoms with E-state index in [0.717, 1.165) is 29.7 Å². The van der Waals surface area contributed by atoms with Gasteiger partial charge in [-0.1, -0.05) is 0 Å². The number of methoxy groups -OCH3 is 1. The lowest BCUT2D eigenvalue weighted by molar-refractivity contribution is 0.0743. The number of amides is 1. The normalized spacial score (nSPS) is 14.7. The maximum atomic E-state index is 12.8. The molecule has 1 aliphatic rings. The molecule has 0 atom stereocenters. The molecule has 0 radical (unpaired) electrons. The van der Waals surface area contributed by atoms with Gasteiger partial charge in [-0.05, 0) is 18.2 Å². The van der Waals surface area contributed by atoms with Crippen LogP contribution in [0.4, 0.5) is 5.69 Å². The van der Waals surface area contributed by atoms with Gasteiger partial charge in [0.2, 0.25) is 5.88 Å². The molecule has 3 heterocycles. The van der Waals surface area contributed by atoms with Crippen molar-refractivity contribution in [3.05, 3.63) is 42.5 Å². The minimum Gasteiger partial charge on any atom is -0.479 e. The average molecular weight is 352 g/mol. The Labute approximate surface area is 151 Å². The molecule has 0 bridgehead atoms. The molecule has 1 saturated heterocycles. The SMILES string of the molecule is COc1nn(C)cc1C(=O)N1CCN(c2ccc3ncncc3c2)CC1. The van der Waals surface area contributed by atoms with E-state index in [0.29, 0.717) is 24.5 Å². The summed E-state index contributed by atoms with van der Waals surface area (Å²) in [5.74, 6) is 0.330. The van der Waals surface area contributed by atoms with Gasteiger partial charge < -0.3 is 14.5 Å². The lowest BCUT2D eigenvalue weighted by Gasteiger charge is -2.36. The van der Waals surface area contributed by atoms with Crippen LogP contribution in [0.1, 0.15) is 10.4 Å². The highest BCUT2D eigenvalue weighted by Crippen LogP contribution is 2.23. The molecule has 0 N–H and O–H groups in total. The Morgan fingerprint density at radius 1 is 1.19 bits per heavy atom. The third-order valence-electron chi connectivity index (χ3n) is 4.64.